The first kappa shape index (κ1) is 24.9. The summed E-state index contributed by atoms with van der Waals surface area (Å²) in [5, 5.41) is 6.07. The number of benzene rings is 2. The van der Waals surface area contributed by atoms with Gasteiger partial charge in [0.2, 0.25) is 5.91 Å². The van der Waals surface area contributed by atoms with Crippen LogP contribution in [-0.2, 0) is 14.6 Å². The van der Waals surface area contributed by atoms with Crippen molar-refractivity contribution in [1.29, 1.82) is 0 Å². The van der Waals surface area contributed by atoms with E-state index in [0.717, 1.165) is 28.6 Å². The van der Waals surface area contributed by atoms with Crippen molar-refractivity contribution < 1.29 is 18.8 Å². The van der Waals surface area contributed by atoms with Crippen molar-refractivity contribution in [3.63, 3.8) is 0 Å². The summed E-state index contributed by atoms with van der Waals surface area (Å²) >= 11 is 3.68. The van der Waals surface area contributed by atoms with E-state index in [2.05, 4.69) is 60.4 Å². The number of nitrogens with one attached hydrogen (secondary N) is 2. The second kappa shape index (κ2) is 8.81. The van der Waals surface area contributed by atoms with Gasteiger partial charge in [-0.1, -0.05) is 36.7 Å². The average molecular weight is 546 g/mol. The van der Waals surface area contributed by atoms with Gasteiger partial charge in [0.05, 0.1) is 12.5 Å². The summed E-state index contributed by atoms with van der Waals surface area (Å²) in [7, 11) is -0.336. The van der Waals surface area contributed by atoms with E-state index in [0.29, 0.717) is 23.4 Å². The van der Waals surface area contributed by atoms with E-state index in [1.54, 1.807) is 37.4 Å². The molecular formula is C26H33BrN2O4Si. The molecule has 1 heterocycles. The summed E-state index contributed by atoms with van der Waals surface area (Å²) < 4.78 is 12.6. The standard InChI is InChI=1S/C26H33BrN2O4Si/c1-25(2,3)34(5,6)33-19-11-12-26(15-19)22-20(27)13-16(14-21(22)29-24(26)31)23(30)28-17-7-9-18(32-4)10-8-17/h7-10,13-14,19H,11-12,15H2,1-6H3,(H,28,30)(H,29,31). The van der Waals surface area contributed by atoms with Gasteiger partial charge in [-0.25, -0.2) is 0 Å². The van der Waals surface area contributed by atoms with E-state index >= 15 is 0 Å². The van der Waals surface area contributed by atoms with Gasteiger partial charge in [0.1, 0.15) is 5.75 Å². The highest BCUT2D eigenvalue weighted by molar-refractivity contribution is 9.10. The molecule has 4 rings (SSSR count). The average Bonchev–Trinajstić information content (AvgIpc) is 3.28. The summed E-state index contributed by atoms with van der Waals surface area (Å²) in [6, 6.07) is 10.7. The van der Waals surface area contributed by atoms with Crippen LogP contribution >= 0.6 is 15.9 Å². The zero-order chi connectivity index (χ0) is 24.9. The second-order valence-corrected chi connectivity index (χ2v) is 16.5. The van der Waals surface area contributed by atoms with Gasteiger partial charge in [0.25, 0.3) is 5.91 Å². The lowest BCUT2D eigenvalue weighted by Crippen LogP contribution is -2.44. The number of amides is 2. The molecule has 1 spiro atoms. The Morgan fingerprint density at radius 1 is 1.21 bits per heavy atom. The second-order valence-electron chi connectivity index (χ2n) is 10.8. The molecule has 0 radical (unpaired) electrons. The zero-order valence-electron chi connectivity index (χ0n) is 20.7. The number of hydrogen-bond acceptors (Lipinski definition) is 4. The molecule has 0 bridgehead atoms. The largest absolute Gasteiger partial charge is 0.497 e. The molecule has 1 aliphatic heterocycles. The number of carbonyl (C=O) groups is 2. The van der Waals surface area contributed by atoms with Gasteiger partial charge < -0.3 is 19.8 Å². The van der Waals surface area contributed by atoms with E-state index in [9.17, 15) is 9.59 Å². The van der Waals surface area contributed by atoms with Crippen LogP contribution in [0.5, 0.6) is 5.75 Å². The van der Waals surface area contributed by atoms with E-state index in [1.807, 2.05) is 6.07 Å². The minimum Gasteiger partial charge on any atom is -0.497 e. The van der Waals surface area contributed by atoms with Gasteiger partial charge in [-0.15, -0.1) is 0 Å². The summed E-state index contributed by atoms with van der Waals surface area (Å²) in [6.45, 7) is 11.2. The van der Waals surface area contributed by atoms with E-state index < -0.39 is 13.7 Å². The van der Waals surface area contributed by atoms with Crippen molar-refractivity contribution in [3.8, 4) is 5.75 Å². The molecule has 34 heavy (non-hydrogen) atoms. The number of anilines is 2. The molecule has 2 unspecified atom stereocenters. The van der Waals surface area contributed by atoms with Crippen LogP contribution < -0.4 is 15.4 Å². The Hall–Kier alpha value is -2.16. The van der Waals surface area contributed by atoms with Crippen LogP contribution in [0.2, 0.25) is 18.1 Å². The summed E-state index contributed by atoms with van der Waals surface area (Å²) in [5.74, 6) is 0.477. The molecule has 2 amide bonds. The molecule has 182 valence electrons. The molecule has 2 aromatic carbocycles. The summed E-state index contributed by atoms with van der Waals surface area (Å²) in [4.78, 5) is 26.2. The van der Waals surface area contributed by atoms with Gasteiger partial charge in [0.15, 0.2) is 8.32 Å². The Kier molecular flexibility index (Phi) is 6.46. The Balaban J connectivity index is 1.56. The molecular weight excluding hydrogens is 512 g/mol. The molecule has 1 saturated carbocycles. The lowest BCUT2D eigenvalue weighted by molar-refractivity contribution is -0.120. The highest BCUT2D eigenvalue weighted by Gasteiger charge is 2.54. The first-order valence-electron chi connectivity index (χ1n) is 11.6. The monoisotopic (exact) mass is 544 g/mol. The highest BCUT2D eigenvalue weighted by atomic mass is 79.9. The molecule has 0 aromatic heterocycles. The highest BCUT2D eigenvalue weighted by Crippen LogP contribution is 2.53. The van der Waals surface area contributed by atoms with Gasteiger partial charge in [-0.2, -0.15) is 0 Å². The summed E-state index contributed by atoms with van der Waals surface area (Å²) in [5.41, 5.74) is 2.17. The number of halogens is 1. The van der Waals surface area contributed by atoms with Gasteiger partial charge >= 0.3 is 0 Å². The van der Waals surface area contributed by atoms with Crippen LogP contribution in [0.15, 0.2) is 40.9 Å². The van der Waals surface area contributed by atoms with Crippen LogP contribution in [0.25, 0.3) is 0 Å². The van der Waals surface area contributed by atoms with Crippen LogP contribution in [0.4, 0.5) is 11.4 Å². The van der Waals surface area contributed by atoms with E-state index in [1.165, 1.54) is 0 Å². The quantitative estimate of drug-likeness (QED) is 0.422. The van der Waals surface area contributed by atoms with Crippen molar-refractivity contribution in [3.05, 3.63) is 52.0 Å². The predicted octanol–water partition coefficient (Wildman–Crippen LogP) is 6.47. The SMILES string of the molecule is COc1ccc(NC(=O)c2cc(Br)c3c(c2)NC(=O)C32CCC(O[Si](C)(C)C(C)(C)C)C2)cc1. The third-order valence-corrected chi connectivity index (χ3v) is 12.8. The molecule has 2 aromatic rings. The molecule has 8 heteroatoms. The summed E-state index contributed by atoms with van der Waals surface area (Å²) in [6.07, 6.45) is 2.31. The zero-order valence-corrected chi connectivity index (χ0v) is 23.3. The molecule has 1 fully saturated rings. The van der Waals surface area contributed by atoms with Gasteiger partial charge in [-0.3, -0.25) is 9.59 Å². The smallest absolute Gasteiger partial charge is 0.255 e. The fraction of sp³-hybridized carbons (Fsp3) is 0.462. The van der Waals surface area contributed by atoms with Crippen molar-refractivity contribution in [2.45, 2.75) is 69.7 Å². The number of ether oxygens (including phenoxy) is 1. The lowest BCUT2D eigenvalue weighted by Gasteiger charge is -2.38. The third-order valence-electron chi connectivity index (χ3n) is 7.60. The Labute approximate surface area is 211 Å². The van der Waals surface area contributed by atoms with Crippen molar-refractivity contribution in [1.82, 2.24) is 0 Å². The lowest BCUT2D eigenvalue weighted by atomic mass is 9.79. The van der Waals surface area contributed by atoms with Crippen LogP contribution in [-0.4, -0.2) is 33.3 Å². The van der Waals surface area contributed by atoms with Crippen LogP contribution in [0, 0.1) is 0 Å². The minimum atomic E-state index is -1.94. The molecule has 6 nitrogen and oxygen atoms in total. The van der Waals surface area contributed by atoms with Crippen molar-refractivity contribution in [2.75, 3.05) is 17.7 Å². The maximum atomic E-state index is 13.3. The number of methoxy groups -OCH3 is 1. The van der Waals surface area contributed by atoms with Gasteiger partial charge in [0, 0.05) is 33.1 Å². The predicted molar refractivity (Wildman–Crippen MR) is 141 cm³/mol. The maximum absolute atomic E-state index is 13.3. The van der Waals surface area contributed by atoms with Crippen molar-refractivity contribution >= 4 is 47.4 Å². The first-order valence-corrected chi connectivity index (χ1v) is 15.4. The topological polar surface area (TPSA) is 76.7 Å². The third kappa shape index (κ3) is 4.43. The maximum Gasteiger partial charge on any atom is 0.255 e. The molecule has 0 saturated heterocycles. The number of rotatable bonds is 5. The van der Waals surface area contributed by atoms with E-state index in [4.69, 9.17) is 9.16 Å². The number of hydrogen-bond donors (Lipinski definition) is 2. The molecule has 1 aliphatic carbocycles. The Bertz CT molecular complexity index is 1130. The van der Waals surface area contributed by atoms with E-state index in [-0.39, 0.29) is 23.0 Å². The fourth-order valence-corrected chi connectivity index (χ4v) is 6.91. The van der Waals surface area contributed by atoms with Gasteiger partial charge in [-0.05, 0) is 73.8 Å². The van der Waals surface area contributed by atoms with Crippen molar-refractivity contribution in [2.24, 2.45) is 0 Å². The fourth-order valence-electron chi connectivity index (χ4n) is 4.68. The normalized spacial score (nSPS) is 22.0. The molecule has 2 aliphatic rings. The Morgan fingerprint density at radius 3 is 2.50 bits per heavy atom. The Morgan fingerprint density at radius 2 is 1.88 bits per heavy atom. The molecule has 2 N–H and O–H groups in total. The number of carbonyl (C=O) groups excluding carboxylic acids is 2. The van der Waals surface area contributed by atoms with Crippen LogP contribution in [0.1, 0.15) is 56.0 Å². The van der Waals surface area contributed by atoms with Crippen LogP contribution in [0.3, 0.4) is 0 Å². The first-order chi connectivity index (χ1) is 15.9. The minimum absolute atomic E-state index is 0.00255. The number of fused-ring (bicyclic) bond motifs is 2. The molecule has 2 atom stereocenters.